The SMILES string of the molecule is COc1ccc2nc(NC(=O)c3cc4c(s3)CCCC4)sc2c1. The molecule has 0 radical (unpaired) electrons. The quantitative estimate of drug-likeness (QED) is 0.761. The van der Waals surface area contributed by atoms with Crippen molar-refractivity contribution in [1.82, 2.24) is 4.98 Å². The lowest BCUT2D eigenvalue weighted by Gasteiger charge is -2.08. The monoisotopic (exact) mass is 344 g/mol. The molecule has 1 aliphatic carbocycles. The Hall–Kier alpha value is -1.92. The normalized spacial score (nSPS) is 13.8. The largest absolute Gasteiger partial charge is 0.497 e. The first-order valence-corrected chi connectivity index (χ1v) is 9.24. The Morgan fingerprint density at radius 1 is 1.22 bits per heavy atom. The van der Waals surface area contributed by atoms with Crippen LogP contribution in [0.25, 0.3) is 10.2 Å². The van der Waals surface area contributed by atoms with E-state index in [2.05, 4.69) is 10.3 Å². The Kier molecular flexibility index (Phi) is 3.79. The maximum Gasteiger partial charge on any atom is 0.267 e. The van der Waals surface area contributed by atoms with Crippen molar-refractivity contribution in [2.24, 2.45) is 0 Å². The summed E-state index contributed by atoms with van der Waals surface area (Å²) >= 11 is 3.09. The average Bonchev–Trinajstić information content (AvgIpc) is 3.17. The second-order valence-corrected chi connectivity index (χ2v) is 7.74. The lowest BCUT2D eigenvalue weighted by Crippen LogP contribution is -2.09. The number of hydrogen-bond donors (Lipinski definition) is 1. The van der Waals surface area contributed by atoms with Crippen LogP contribution in [-0.4, -0.2) is 18.0 Å². The molecule has 0 unspecified atom stereocenters. The minimum absolute atomic E-state index is 0.0598. The molecular weight excluding hydrogens is 328 g/mol. The number of aryl methyl sites for hydroxylation is 2. The zero-order valence-corrected chi connectivity index (χ0v) is 14.4. The predicted octanol–water partition coefficient (Wildman–Crippen LogP) is 4.50. The molecule has 0 bridgehead atoms. The van der Waals surface area contributed by atoms with Crippen LogP contribution in [0.5, 0.6) is 5.75 Å². The number of ether oxygens (including phenoxy) is 1. The number of amides is 1. The maximum absolute atomic E-state index is 12.5. The van der Waals surface area contributed by atoms with Gasteiger partial charge in [-0.2, -0.15) is 0 Å². The molecule has 2 aromatic heterocycles. The van der Waals surface area contributed by atoms with Crippen LogP contribution in [0.15, 0.2) is 24.3 Å². The molecule has 1 aromatic carbocycles. The van der Waals surface area contributed by atoms with E-state index in [4.69, 9.17) is 4.74 Å². The average molecular weight is 344 g/mol. The number of carbonyl (C=O) groups is 1. The number of fused-ring (bicyclic) bond motifs is 2. The van der Waals surface area contributed by atoms with Gasteiger partial charge in [-0.25, -0.2) is 4.98 Å². The number of methoxy groups -OCH3 is 1. The highest BCUT2D eigenvalue weighted by atomic mass is 32.1. The summed E-state index contributed by atoms with van der Waals surface area (Å²) in [6.07, 6.45) is 4.66. The van der Waals surface area contributed by atoms with E-state index in [0.717, 1.165) is 33.7 Å². The molecule has 2 heterocycles. The van der Waals surface area contributed by atoms with Crippen LogP contribution in [0, 0.1) is 0 Å². The van der Waals surface area contributed by atoms with Crippen LogP contribution < -0.4 is 10.1 Å². The van der Waals surface area contributed by atoms with E-state index in [1.807, 2.05) is 24.3 Å². The number of carbonyl (C=O) groups excluding carboxylic acids is 1. The van der Waals surface area contributed by atoms with Crippen LogP contribution in [0.3, 0.4) is 0 Å². The summed E-state index contributed by atoms with van der Waals surface area (Å²) in [6, 6.07) is 7.77. The fourth-order valence-electron chi connectivity index (χ4n) is 2.85. The molecule has 23 heavy (non-hydrogen) atoms. The number of nitrogens with one attached hydrogen (secondary N) is 1. The number of nitrogens with zero attached hydrogens (tertiary/aromatic N) is 1. The number of rotatable bonds is 3. The van der Waals surface area contributed by atoms with Crippen molar-refractivity contribution in [2.75, 3.05) is 12.4 Å². The van der Waals surface area contributed by atoms with Crippen LogP contribution >= 0.6 is 22.7 Å². The first-order chi connectivity index (χ1) is 11.2. The number of aromatic nitrogens is 1. The van der Waals surface area contributed by atoms with Crippen molar-refractivity contribution in [2.45, 2.75) is 25.7 Å². The first kappa shape index (κ1) is 14.7. The molecule has 1 N–H and O–H groups in total. The maximum atomic E-state index is 12.5. The molecule has 4 nitrogen and oxygen atoms in total. The van der Waals surface area contributed by atoms with E-state index < -0.39 is 0 Å². The lowest BCUT2D eigenvalue weighted by molar-refractivity contribution is 0.103. The second-order valence-electron chi connectivity index (χ2n) is 5.57. The number of thiophene rings is 1. The zero-order chi connectivity index (χ0) is 15.8. The first-order valence-electron chi connectivity index (χ1n) is 7.60. The van der Waals surface area contributed by atoms with Gasteiger partial charge in [-0.05, 0) is 55.5 Å². The van der Waals surface area contributed by atoms with E-state index in [1.165, 1.54) is 34.6 Å². The molecule has 118 valence electrons. The lowest BCUT2D eigenvalue weighted by atomic mass is 9.99. The Balaban J connectivity index is 1.57. The molecular formula is C17H16N2O2S2. The van der Waals surface area contributed by atoms with Gasteiger partial charge in [0, 0.05) is 4.88 Å². The van der Waals surface area contributed by atoms with Gasteiger partial charge in [0.1, 0.15) is 5.75 Å². The molecule has 1 aliphatic rings. The molecule has 0 saturated heterocycles. The van der Waals surface area contributed by atoms with Crippen LogP contribution in [0.2, 0.25) is 0 Å². The molecule has 3 aromatic rings. The fraction of sp³-hybridized carbons (Fsp3) is 0.294. The van der Waals surface area contributed by atoms with E-state index in [1.54, 1.807) is 18.4 Å². The number of benzene rings is 1. The highest BCUT2D eigenvalue weighted by Crippen LogP contribution is 2.32. The van der Waals surface area contributed by atoms with Crippen LogP contribution in [-0.2, 0) is 12.8 Å². The highest BCUT2D eigenvalue weighted by molar-refractivity contribution is 7.22. The standard InChI is InChI=1S/C17H16N2O2S2/c1-21-11-6-7-12-14(9-11)23-17(18-12)19-16(20)15-8-10-4-2-3-5-13(10)22-15/h6-9H,2-5H2,1H3,(H,18,19,20). The number of hydrogen-bond acceptors (Lipinski definition) is 5. The molecule has 4 rings (SSSR count). The summed E-state index contributed by atoms with van der Waals surface area (Å²) in [4.78, 5) is 19.1. The van der Waals surface area contributed by atoms with Gasteiger partial charge in [-0.15, -0.1) is 11.3 Å². The van der Waals surface area contributed by atoms with Crippen molar-refractivity contribution < 1.29 is 9.53 Å². The van der Waals surface area contributed by atoms with Crippen molar-refractivity contribution in [1.29, 1.82) is 0 Å². The summed E-state index contributed by atoms with van der Waals surface area (Å²) in [5, 5.41) is 3.56. The van der Waals surface area contributed by atoms with Crippen LogP contribution in [0.4, 0.5) is 5.13 Å². The van der Waals surface area contributed by atoms with Gasteiger partial charge in [0.15, 0.2) is 5.13 Å². The number of anilines is 1. The van der Waals surface area contributed by atoms with E-state index in [0.29, 0.717) is 5.13 Å². The molecule has 6 heteroatoms. The minimum atomic E-state index is -0.0598. The molecule has 0 spiro atoms. The smallest absolute Gasteiger partial charge is 0.267 e. The number of thiazole rings is 1. The fourth-order valence-corrected chi connectivity index (χ4v) is 4.88. The Morgan fingerprint density at radius 2 is 2.09 bits per heavy atom. The van der Waals surface area contributed by atoms with E-state index in [9.17, 15) is 4.79 Å². The molecule has 0 saturated carbocycles. The summed E-state index contributed by atoms with van der Waals surface area (Å²) in [6.45, 7) is 0. The summed E-state index contributed by atoms with van der Waals surface area (Å²) in [7, 11) is 1.64. The summed E-state index contributed by atoms with van der Waals surface area (Å²) in [5.41, 5.74) is 2.22. The molecule has 0 atom stereocenters. The molecule has 0 fully saturated rings. The van der Waals surface area contributed by atoms with Crippen molar-refractivity contribution in [3.05, 3.63) is 39.6 Å². The predicted molar refractivity (Wildman–Crippen MR) is 95.1 cm³/mol. The third kappa shape index (κ3) is 2.84. The second kappa shape index (κ2) is 5.94. The van der Waals surface area contributed by atoms with Gasteiger partial charge in [0.25, 0.3) is 5.91 Å². The van der Waals surface area contributed by atoms with Gasteiger partial charge in [-0.3, -0.25) is 10.1 Å². The summed E-state index contributed by atoms with van der Waals surface area (Å²) < 4.78 is 6.23. The van der Waals surface area contributed by atoms with Gasteiger partial charge >= 0.3 is 0 Å². The Labute approximate surface area is 142 Å². The van der Waals surface area contributed by atoms with Gasteiger partial charge in [0.05, 0.1) is 22.2 Å². The zero-order valence-electron chi connectivity index (χ0n) is 12.7. The van der Waals surface area contributed by atoms with Crippen LogP contribution in [0.1, 0.15) is 33.0 Å². The third-order valence-electron chi connectivity index (χ3n) is 4.04. The van der Waals surface area contributed by atoms with Gasteiger partial charge in [0.2, 0.25) is 0 Å². The minimum Gasteiger partial charge on any atom is -0.497 e. The van der Waals surface area contributed by atoms with Crippen molar-refractivity contribution in [3.63, 3.8) is 0 Å². The molecule has 0 aliphatic heterocycles. The third-order valence-corrected chi connectivity index (χ3v) is 6.21. The van der Waals surface area contributed by atoms with Gasteiger partial charge < -0.3 is 4.74 Å². The van der Waals surface area contributed by atoms with Crippen molar-refractivity contribution in [3.8, 4) is 5.75 Å². The Morgan fingerprint density at radius 3 is 2.91 bits per heavy atom. The highest BCUT2D eigenvalue weighted by Gasteiger charge is 2.18. The Bertz CT molecular complexity index is 858. The topological polar surface area (TPSA) is 51.2 Å². The molecule has 1 amide bonds. The van der Waals surface area contributed by atoms with E-state index >= 15 is 0 Å². The van der Waals surface area contributed by atoms with E-state index in [-0.39, 0.29) is 5.91 Å². The van der Waals surface area contributed by atoms with Gasteiger partial charge in [-0.1, -0.05) is 11.3 Å². The van der Waals surface area contributed by atoms with Crippen molar-refractivity contribution >= 4 is 43.9 Å². The summed E-state index contributed by atoms with van der Waals surface area (Å²) in [5.74, 6) is 0.736.